The Morgan fingerprint density at radius 1 is 1.45 bits per heavy atom. The lowest BCUT2D eigenvalue weighted by Crippen LogP contribution is -2.55. The van der Waals surface area contributed by atoms with E-state index in [9.17, 15) is 9.59 Å². The van der Waals surface area contributed by atoms with Gasteiger partial charge in [0.05, 0.1) is 19.3 Å². The molecule has 1 rings (SSSR count). The molecule has 0 radical (unpaired) electrons. The van der Waals surface area contributed by atoms with Gasteiger partial charge in [0.2, 0.25) is 0 Å². The summed E-state index contributed by atoms with van der Waals surface area (Å²) in [4.78, 5) is 24.3. The number of carboxylic acids is 1. The fourth-order valence-electron chi connectivity index (χ4n) is 1.89. The predicted octanol–water partition coefficient (Wildman–Crippen LogP) is 0.687. The molecule has 1 atom stereocenters. The summed E-state index contributed by atoms with van der Waals surface area (Å²) in [5.74, 6) is -1.04. The number of amides is 2. The van der Waals surface area contributed by atoms with Gasteiger partial charge >= 0.3 is 12.0 Å². The normalized spacial score (nSPS) is 19.1. The Hall–Kier alpha value is -1.34. The van der Waals surface area contributed by atoms with Crippen LogP contribution in [0.3, 0.4) is 0 Å². The maximum absolute atomic E-state index is 11.9. The quantitative estimate of drug-likeness (QED) is 0.673. The van der Waals surface area contributed by atoms with Crippen LogP contribution in [0, 0.1) is 0 Å². The summed E-state index contributed by atoms with van der Waals surface area (Å²) < 4.78 is 10.5. The van der Waals surface area contributed by atoms with Crippen LogP contribution in [0.2, 0.25) is 0 Å². The van der Waals surface area contributed by atoms with Crippen molar-refractivity contribution in [2.45, 2.75) is 38.8 Å². The Morgan fingerprint density at radius 2 is 2.20 bits per heavy atom. The summed E-state index contributed by atoms with van der Waals surface area (Å²) >= 11 is 0. The molecule has 116 valence electrons. The first-order valence-corrected chi connectivity index (χ1v) is 6.99. The van der Waals surface area contributed by atoms with E-state index >= 15 is 0 Å². The summed E-state index contributed by atoms with van der Waals surface area (Å²) in [6.45, 7) is 5.87. The van der Waals surface area contributed by atoms with Crippen molar-refractivity contribution in [3.8, 4) is 0 Å². The van der Waals surface area contributed by atoms with Gasteiger partial charge in [0, 0.05) is 19.7 Å². The molecule has 7 nitrogen and oxygen atoms in total. The number of ether oxygens (including phenoxy) is 2. The number of carboxylic acid groups (broad SMARTS) is 1. The molecule has 0 aromatic carbocycles. The minimum Gasteiger partial charge on any atom is -0.480 e. The number of nitrogens with zero attached hydrogens (tertiary/aromatic N) is 1. The van der Waals surface area contributed by atoms with Crippen molar-refractivity contribution < 1.29 is 24.2 Å². The van der Waals surface area contributed by atoms with Crippen LogP contribution in [-0.2, 0) is 14.3 Å². The van der Waals surface area contributed by atoms with Crippen LogP contribution in [0.5, 0.6) is 0 Å². The molecule has 7 heteroatoms. The van der Waals surface area contributed by atoms with Gasteiger partial charge in [0.15, 0.2) is 6.04 Å². The van der Waals surface area contributed by atoms with Gasteiger partial charge in [0.25, 0.3) is 0 Å². The van der Waals surface area contributed by atoms with Crippen LogP contribution in [0.4, 0.5) is 4.79 Å². The molecule has 0 spiro atoms. The van der Waals surface area contributed by atoms with Crippen LogP contribution >= 0.6 is 0 Å². The standard InChI is InChI=1S/C13H24N2O5/c1-10(2)20-7-4-3-5-14-13(18)15-6-8-19-9-11(15)12(16)17/h10-11H,3-9H2,1-2H3,(H,14,18)(H,16,17). The maximum atomic E-state index is 11.9. The number of hydrogen-bond donors (Lipinski definition) is 2. The van der Waals surface area contributed by atoms with Gasteiger partial charge in [-0.25, -0.2) is 9.59 Å². The zero-order chi connectivity index (χ0) is 15.0. The molecule has 1 fully saturated rings. The summed E-state index contributed by atoms with van der Waals surface area (Å²) in [7, 11) is 0. The number of carbonyl (C=O) groups is 2. The number of urea groups is 1. The van der Waals surface area contributed by atoms with Crippen LogP contribution in [0.15, 0.2) is 0 Å². The molecule has 1 aliphatic rings. The minimum atomic E-state index is -1.04. The molecule has 1 saturated heterocycles. The van der Waals surface area contributed by atoms with Crippen molar-refractivity contribution in [3.63, 3.8) is 0 Å². The van der Waals surface area contributed by atoms with E-state index in [1.165, 1.54) is 4.90 Å². The van der Waals surface area contributed by atoms with E-state index in [1.807, 2.05) is 13.8 Å². The highest BCUT2D eigenvalue weighted by molar-refractivity contribution is 5.82. The van der Waals surface area contributed by atoms with Crippen LogP contribution in [0.1, 0.15) is 26.7 Å². The Kier molecular flexibility index (Phi) is 7.32. The third-order valence-corrected chi connectivity index (χ3v) is 2.97. The molecule has 0 bridgehead atoms. The summed E-state index contributed by atoms with van der Waals surface area (Å²) in [6, 6.07) is -1.24. The molecular weight excluding hydrogens is 264 g/mol. The van der Waals surface area contributed by atoms with E-state index in [-0.39, 0.29) is 18.7 Å². The molecule has 2 N–H and O–H groups in total. The van der Waals surface area contributed by atoms with Crippen molar-refractivity contribution in [2.24, 2.45) is 0 Å². The van der Waals surface area contributed by atoms with Gasteiger partial charge in [-0.3, -0.25) is 0 Å². The molecular formula is C13H24N2O5. The average Bonchev–Trinajstić information content (AvgIpc) is 2.42. The minimum absolute atomic E-state index is 0.0466. The van der Waals surface area contributed by atoms with Gasteiger partial charge in [-0.1, -0.05) is 0 Å². The highest BCUT2D eigenvalue weighted by Crippen LogP contribution is 2.07. The Labute approximate surface area is 119 Å². The van der Waals surface area contributed by atoms with Crippen LogP contribution in [0.25, 0.3) is 0 Å². The van der Waals surface area contributed by atoms with E-state index in [2.05, 4.69) is 5.32 Å². The SMILES string of the molecule is CC(C)OCCCCNC(=O)N1CCOCC1C(=O)O. The average molecular weight is 288 g/mol. The number of unbranched alkanes of at least 4 members (excludes halogenated alkanes) is 1. The molecule has 1 heterocycles. The monoisotopic (exact) mass is 288 g/mol. The van der Waals surface area contributed by atoms with E-state index in [0.29, 0.717) is 26.3 Å². The first kappa shape index (κ1) is 16.7. The van der Waals surface area contributed by atoms with E-state index < -0.39 is 12.0 Å². The van der Waals surface area contributed by atoms with Gasteiger partial charge in [-0.05, 0) is 26.7 Å². The molecule has 1 unspecified atom stereocenters. The molecule has 1 aliphatic heterocycles. The second-order valence-corrected chi connectivity index (χ2v) is 4.98. The lowest BCUT2D eigenvalue weighted by atomic mass is 10.2. The first-order valence-electron chi connectivity index (χ1n) is 6.99. The van der Waals surface area contributed by atoms with E-state index in [1.54, 1.807) is 0 Å². The van der Waals surface area contributed by atoms with Crippen molar-refractivity contribution in [1.29, 1.82) is 0 Å². The summed E-state index contributed by atoms with van der Waals surface area (Å²) in [5, 5.41) is 11.8. The first-order chi connectivity index (χ1) is 9.52. The lowest BCUT2D eigenvalue weighted by Gasteiger charge is -2.32. The second kappa shape index (κ2) is 8.76. The topological polar surface area (TPSA) is 88.1 Å². The lowest BCUT2D eigenvalue weighted by molar-refractivity contribution is -0.147. The van der Waals surface area contributed by atoms with Crippen molar-refractivity contribution in [1.82, 2.24) is 10.2 Å². The number of nitrogens with one attached hydrogen (secondary N) is 1. The molecule has 2 amide bonds. The van der Waals surface area contributed by atoms with Crippen molar-refractivity contribution in [3.05, 3.63) is 0 Å². The molecule has 0 aromatic heterocycles. The zero-order valence-corrected chi connectivity index (χ0v) is 12.1. The Bertz CT molecular complexity index is 322. The fourth-order valence-corrected chi connectivity index (χ4v) is 1.89. The van der Waals surface area contributed by atoms with Crippen molar-refractivity contribution >= 4 is 12.0 Å². The molecule has 0 saturated carbocycles. The highest BCUT2D eigenvalue weighted by Gasteiger charge is 2.32. The molecule has 20 heavy (non-hydrogen) atoms. The van der Waals surface area contributed by atoms with Gasteiger partial charge in [0.1, 0.15) is 0 Å². The number of carbonyl (C=O) groups excluding carboxylic acids is 1. The Morgan fingerprint density at radius 3 is 2.85 bits per heavy atom. The number of rotatable bonds is 7. The zero-order valence-electron chi connectivity index (χ0n) is 12.1. The fraction of sp³-hybridized carbons (Fsp3) is 0.846. The summed E-state index contributed by atoms with van der Waals surface area (Å²) in [5.41, 5.74) is 0. The predicted molar refractivity (Wildman–Crippen MR) is 72.7 cm³/mol. The second-order valence-electron chi connectivity index (χ2n) is 4.98. The maximum Gasteiger partial charge on any atom is 0.328 e. The van der Waals surface area contributed by atoms with Gasteiger partial charge in [-0.15, -0.1) is 0 Å². The van der Waals surface area contributed by atoms with Crippen LogP contribution < -0.4 is 5.32 Å². The smallest absolute Gasteiger partial charge is 0.328 e. The molecule has 0 aliphatic carbocycles. The Balaban J connectivity index is 2.22. The number of hydrogen-bond acceptors (Lipinski definition) is 4. The van der Waals surface area contributed by atoms with Crippen LogP contribution in [-0.4, -0.2) is 67.1 Å². The number of aliphatic carboxylic acids is 1. The largest absolute Gasteiger partial charge is 0.480 e. The number of morpholine rings is 1. The molecule has 0 aromatic rings. The van der Waals surface area contributed by atoms with E-state index in [0.717, 1.165) is 12.8 Å². The third-order valence-electron chi connectivity index (χ3n) is 2.97. The summed E-state index contributed by atoms with van der Waals surface area (Å²) in [6.07, 6.45) is 1.89. The highest BCUT2D eigenvalue weighted by atomic mass is 16.5. The third kappa shape index (κ3) is 5.75. The van der Waals surface area contributed by atoms with E-state index in [4.69, 9.17) is 14.6 Å². The van der Waals surface area contributed by atoms with Gasteiger partial charge < -0.3 is 24.8 Å². The van der Waals surface area contributed by atoms with Gasteiger partial charge in [-0.2, -0.15) is 0 Å². The van der Waals surface area contributed by atoms with Crippen molar-refractivity contribution in [2.75, 3.05) is 32.9 Å².